The minimum absolute atomic E-state index is 0.0746. The van der Waals surface area contributed by atoms with Crippen LogP contribution in [0.2, 0.25) is 0 Å². The minimum atomic E-state index is -1.09. The number of nitrogens with one attached hydrogen (secondary N) is 1. The number of amides is 3. The summed E-state index contributed by atoms with van der Waals surface area (Å²) in [6.45, 7) is 1.44. The van der Waals surface area contributed by atoms with Crippen molar-refractivity contribution in [1.29, 1.82) is 0 Å². The number of para-hydroxylation sites is 1. The predicted octanol–water partition coefficient (Wildman–Crippen LogP) is 3.37. The summed E-state index contributed by atoms with van der Waals surface area (Å²) < 4.78 is 0. The zero-order valence-electron chi connectivity index (χ0n) is 14.8. The van der Waals surface area contributed by atoms with E-state index in [0.717, 1.165) is 10.5 Å². The summed E-state index contributed by atoms with van der Waals surface area (Å²) in [5, 5.41) is 11.2. The monoisotopic (exact) mass is 396 g/mol. The van der Waals surface area contributed by atoms with Gasteiger partial charge >= 0.3 is 5.97 Å². The Morgan fingerprint density at radius 3 is 2.61 bits per heavy atom. The first kappa shape index (κ1) is 19.4. The summed E-state index contributed by atoms with van der Waals surface area (Å²) in [5.74, 6) is -2.15. The van der Waals surface area contributed by atoms with E-state index in [-0.39, 0.29) is 10.5 Å². The normalized spacial score (nSPS) is 15.2. The fraction of sp³-hybridized carbons (Fsp3) is 0.100. The number of hydrogen-bond acceptors (Lipinski definition) is 5. The number of imide groups is 1. The lowest BCUT2D eigenvalue weighted by molar-refractivity contribution is -0.127. The van der Waals surface area contributed by atoms with Crippen molar-refractivity contribution in [3.63, 3.8) is 0 Å². The molecule has 1 fully saturated rings. The van der Waals surface area contributed by atoms with Crippen LogP contribution in [-0.2, 0) is 9.59 Å². The van der Waals surface area contributed by atoms with Crippen molar-refractivity contribution in [3.8, 4) is 0 Å². The van der Waals surface area contributed by atoms with Gasteiger partial charge < -0.3 is 10.4 Å². The molecule has 2 aromatic rings. The zero-order chi connectivity index (χ0) is 20.3. The highest BCUT2D eigenvalue weighted by atomic mass is 32.2. The Morgan fingerprint density at radius 2 is 1.89 bits per heavy atom. The fourth-order valence-corrected chi connectivity index (χ4v) is 3.43. The molecule has 1 heterocycles. The molecule has 0 atom stereocenters. The topological polar surface area (TPSA) is 104 Å². The molecule has 2 N–H and O–H groups in total. The second kappa shape index (κ2) is 8.10. The molecule has 0 spiro atoms. The number of carboxylic acid groups (broad SMARTS) is 1. The molecule has 28 heavy (non-hydrogen) atoms. The zero-order valence-corrected chi connectivity index (χ0v) is 15.7. The van der Waals surface area contributed by atoms with Crippen molar-refractivity contribution in [3.05, 3.63) is 70.1 Å². The molecule has 0 aromatic heterocycles. The van der Waals surface area contributed by atoms with E-state index < -0.39 is 29.6 Å². The largest absolute Gasteiger partial charge is 0.478 e. The third-order valence-electron chi connectivity index (χ3n) is 4.03. The lowest BCUT2D eigenvalue weighted by Crippen LogP contribution is -2.36. The number of carbonyl (C=O) groups excluding carboxylic acids is 3. The van der Waals surface area contributed by atoms with Gasteiger partial charge in [0.25, 0.3) is 11.1 Å². The van der Waals surface area contributed by atoms with Crippen LogP contribution >= 0.6 is 11.8 Å². The predicted molar refractivity (Wildman–Crippen MR) is 106 cm³/mol. The second-order valence-electron chi connectivity index (χ2n) is 6.06. The Bertz CT molecular complexity index is 1020. The molecule has 1 saturated heterocycles. The van der Waals surface area contributed by atoms with Crippen molar-refractivity contribution < 1.29 is 24.3 Å². The lowest BCUT2D eigenvalue weighted by Gasteiger charge is -2.13. The van der Waals surface area contributed by atoms with Crippen molar-refractivity contribution in [1.82, 2.24) is 4.90 Å². The molecule has 2 aromatic carbocycles. The molecule has 1 aliphatic heterocycles. The van der Waals surface area contributed by atoms with Gasteiger partial charge in [-0.2, -0.15) is 0 Å². The summed E-state index contributed by atoms with van der Waals surface area (Å²) in [7, 11) is 0. The van der Waals surface area contributed by atoms with Crippen LogP contribution in [-0.4, -0.2) is 39.6 Å². The molecule has 142 valence electrons. The lowest BCUT2D eigenvalue weighted by atomic mass is 10.1. The van der Waals surface area contributed by atoms with E-state index in [1.54, 1.807) is 24.3 Å². The Labute approximate surface area is 165 Å². The van der Waals surface area contributed by atoms with E-state index in [1.807, 2.05) is 19.1 Å². The number of thioether (sulfide) groups is 1. The third kappa shape index (κ3) is 4.29. The molecule has 0 aliphatic carbocycles. The minimum Gasteiger partial charge on any atom is -0.478 e. The highest BCUT2D eigenvalue weighted by Crippen LogP contribution is 2.32. The maximum atomic E-state index is 12.5. The number of benzene rings is 2. The Hall–Kier alpha value is -3.39. The Kier molecular flexibility index (Phi) is 5.60. The quantitative estimate of drug-likeness (QED) is 0.751. The van der Waals surface area contributed by atoms with Gasteiger partial charge in [-0.3, -0.25) is 19.3 Å². The summed E-state index contributed by atoms with van der Waals surface area (Å²) in [6, 6.07) is 13.2. The van der Waals surface area contributed by atoms with Crippen LogP contribution in [0, 0.1) is 6.92 Å². The first-order valence-electron chi connectivity index (χ1n) is 8.29. The van der Waals surface area contributed by atoms with Crippen LogP contribution in [0.15, 0.2) is 53.4 Å². The summed E-state index contributed by atoms with van der Waals surface area (Å²) >= 11 is 0.713. The maximum absolute atomic E-state index is 12.5. The highest BCUT2D eigenvalue weighted by molar-refractivity contribution is 8.18. The number of aromatic carboxylic acids is 1. The van der Waals surface area contributed by atoms with Gasteiger partial charge in [-0.15, -0.1) is 0 Å². The van der Waals surface area contributed by atoms with Crippen molar-refractivity contribution in [2.45, 2.75) is 6.92 Å². The van der Waals surface area contributed by atoms with Gasteiger partial charge in [0.2, 0.25) is 5.91 Å². The van der Waals surface area contributed by atoms with Crippen molar-refractivity contribution in [2.24, 2.45) is 0 Å². The van der Waals surface area contributed by atoms with Gasteiger partial charge in [-0.25, -0.2) is 4.79 Å². The fourth-order valence-electron chi connectivity index (χ4n) is 2.60. The summed E-state index contributed by atoms with van der Waals surface area (Å²) in [4.78, 5) is 49.0. The molecule has 0 radical (unpaired) electrons. The molecular weight excluding hydrogens is 380 g/mol. The van der Waals surface area contributed by atoms with Gasteiger partial charge in [0.05, 0.1) is 10.5 Å². The van der Waals surface area contributed by atoms with Crippen LogP contribution in [0.1, 0.15) is 21.5 Å². The average Bonchev–Trinajstić information content (AvgIpc) is 2.91. The first-order chi connectivity index (χ1) is 13.3. The molecule has 7 nitrogen and oxygen atoms in total. The van der Waals surface area contributed by atoms with E-state index in [9.17, 15) is 19.2 Å². The van der Waals surface area contributed by atoms with E-state index in [0.29, 0.717) is 23.0 Å². The Morgan fingerprint density at radius 1 is 1.14 bits per heavy atom. The standard InChI is InChI=1S/C20H16N2O5S/c1-12-5-2-3-8-15(12)21-17(23)11-22-18(24)16(28-20(22)27)10-13-6-4-7-14(9-13)19(25)26/h2-10H,11H2,1H3,(H,21,23)(H,25,26). The van der Waals surface area contributed by atoms with E-state index in [1.165, 1.54) is 18.2 Å². The molecule has 0 saturated carbocycles. The van der Waals surface area contributed by atoms with Gasteiger partial charge in [0.15, 0.2) is 0 Å². The van der Waals surface area contributed by atoms with Crippen LogP contribution in [0.4, 0.5) is 10.5 Å². The van der Waals surface area contributed by atoms with Crippen LogP contribution in [0.5, 0.6) is 0 Å². The van der Waals surface area contributed by atoms with Gasteiger partial charge in [-0.05, 0) is 54.1 Å². The molecule has 1 aliphatic rings. The number of rotatable bonds is 5. The molecular formula is C20H16N2O5S. The van der Waals surface area contributed by atoms with E-state index in [2.05, 4.69) is 5.32 Å². The molecule has 0 bridgehead atoms. The van der Waals surface area contributed by atoms with Crippen LogP contribution in [0.25, 0.3) is 6.08 Å². The van der Waals surface area contributed by atoms with Gasteiger partial charge in [-0.1, -0.05) is 30.3 Å². The van der Waals surface area contributed by atoms with Crippen molar-refractivity contribution in [2.75, 3.05) is 11.9 Å². The average molecular weight is 396 g/mol. The molecule has 3 rings (SSSR count). The third-order valence-corrected chi connectivity index (χ3v) is 4.93. The maximum Gasteiger partial charge on any atom is 0.335 e. The van der Waals surface area contributed by atoms with Crippen LogP contribution in [0.3, 0.4) is 0 Å². The number of carboxylic acids is 1. The highest BCUT2D eigenvalue weighted by Gasteiger charge is 2.36. The second-order valence-corrected chi connectivity index (χ2v) is 7.05. The molecule has 0 unspecified atom stereocenters. The van der Waals surface area contributed by atoms with Crippen LogP contribution < -0.4 is 5.32 Å². The molecule has 3 amide bonds. The SMILES string of the molecule is Cc1ccccc1NC(=O)CN1C(=O)SC(=Cc2cccc(C(=O)O)c2)C1=O. The Balaban J connectivity index is 1.73. The number of nitrogens with zero attached hydrogens (tertiary/aromatic N) is 1. The van der Waals surface area contributed by atoms with Gasteiger partial charge in [0.1, 0.15) is 6.54 Å². The number of hydrogen-bond donors (Lipinski definition) is 2. The summed E-state index contributed by atoms with van der Waals surface area (Å²) in [6.07, 6.45) is 1.44. The number of carbonyl (C=O) groups is 4. The van der Waals surface area contributed by atoms with E-state index in [4.69, 9.17) is 5.11 Å². The van der Waals surface area contributed by atoms with Gasteiger partial charge in [0, 0.05) is 5.69 Å². The number of aryl methyl sites for hydroxylation is 1. The first-order valence-corrected chi connectivity index (χ1v) is 9.11. The number of anilines is 1. The smallest absolute Gasteiger partial charge is 0.335 e. The molecule has 8 heteroatoms. The van der Waals surface area contributed by atoms with Crippen molar-refractivity contribution >= 4 is 46.5 Å². The summed E-state index contributed by atoms with van der Waals surface area (Å²) in [5.41, 5.74) is 2.03. The van der Waals surface area contributed by atoms with E-state index >= 15 is 0 Å².